The average Bonchev–Trinajstić information content (AvgIpc) is 2.91. The fourth-order valence-electron chi connectivity index (χ4n) is 2.99. The van der Waals surface area contributed by atoms with Gasteiger partial charge in [-0.15, -0.1) is 0 Å². The summed E-state index contributed by atoms with van der Waals surface area (Å²) in [5.41, 5.74) is 1.54. The lowest BCUT2D eigenvalue weighted by atomic mass is 9.98. The van der Waals surface area contributed by atoms with Crippen molar-refractivity contribution in [2.45, 2.75) is 19.8 Å². The Morgan fingerprint density at radius 2 is 2.17 bits per heavy atom. The van der Waals surface area contributed by atoms with Crippen LogP contribution in [0, 0.1) is 12.8 Å². The third kappa shape index (κ3) is 4.01. The summed E-state index contributed by atoms with van der Waals surface area (Å²) in [7, 11) is 1.83. The lowest BCUT2D eigenvalue weighted by Gasteiger charge is -2.32. The van der Waals surface area contributed by atoms with E-state index >= 15 is 0 Å². The summed E-state index contributed by atoms with van der Waals surface area (Å²) < 4.78 is 1.68. The van der Waals surface area contributed by atoms with Gasteiger partial charge in [0.15, 0.2) is 0 Å². The first-order chi connectivity index (χ1) is 11.6. The van der Waals surface area contributed by atoms with Crippen LogP contribution < -0.4 is 15.5 Å². The molecule has 0 bridgehead atoms. The molecule has 3 heterocycles. The fraction of sp³-hybridized carbons (Fsp3) is 0.500. The van der Waals surface area contributed by atoms with Crippen molar-refractivity contribution in [2.75, 3.05) is 29.9 Å². The Bertz CT molecular complexity index is 685. The van der Waals surface area contributed by atoms with Crippen LogP contribution in [-0.2, 0) is 7.05 Å². The molecule has 1 fully saturated rings. The molecule has 2 aromatic rings. The molecule has 0 aliphatic carbocycles. The molecule has 1 aliphatic rings. The van der Waals surface area contributed by atoms with E-state index in [0.717, 1.165) is 43.3 Å². The molecule has 8 nitrogen and oxygen atoms in total. The Labute approximate surface area is 141 Å². The maximum Gasteiger partial charge on any atom is 0.319 e. The number of piperidine rings is 1. The first-order valence-corrected chi connectivity index (χ1v) is 8.19. The van der Waals surface area contributed by atoms with E-state index in [4.69, 9.17) is 0 Å². The monoisotopic (exact) mass is 329 g/mol. The van der Waals surface area contributed by atoms with Crippen molar-refractivity contribution in [1.29, 1.82) is 0 Å². The minimum Gasteiger partial charge on any atom is -0.340 e. The zero-order valence-electron chi connectivity index (χ0n) is 14.1. The zero-order chi connectivity index (χ0) is 16.9. The van der Waals surface area contributed by atoms with Gasteiger partial charge in [0.2, 0.25) is 5.95 Å². The second-order valence-corrected chi connectivity index (χ2v) is 6.14. The number of aryl methyl sites for hydroxylation is 2. The number of urea groups is 1. The second kappa shape index (κ2) is 7.29. The van der Waals surface area contributed by atoms with Gasteiger partial charge in [-0.1, -0.05) is 0 Å². The van der Waals surface area contributed by atoms with Crippen molar-refractivity contribution in [3.05, 3.63) is 30.4 Å². The number of nitrogens with zero attached hydrogens (tertiary/aromatic N) is 5. The van der Waals surface area contributed by atoms with Crippen molar-refractivity contribution in [2.24, 2.45) is 13.0 Å². The maximum absolute atomic E-state index is 12.1. The number of rotatable bonds is 4. The number of hydrogen-bond donors (Lipinski definition) is 2. The Hall–Kier alpha value is -2.64. The number of anilines is 2. The number of nitrogens with one attached hydrogen (secondary N) is 2. The van der Waals surface area contributed by atoms with Crippen LogP contribution in [0.5, 0.6) is 0 Å². The zero-order valence-corrected chi connectivity index (χ0v) is 14.1. The summed E-state index contributed by atoms with van der Waals surface area (Å²) in [6, 6.07) is 1.62. The van der Waals surface area contributed by atoms with E-state index in [1.165, 1.54) is 0 Å². The fourth-order valence-corrected chi connectivity index (χ4v) is 2.99. The standard InChI is InChI=1S/C16H23N7O/c1-12-14(11-22(2)21-12)20-16(24)19-9-13-5-3-8-23(10-13)15-17-6-4-7-18-15/h4,6-7,11,13H,3,5,8-10H2,1-2H3,(H2,19,20,24)/t13-/m0/s1. The summed E-state index contributed by atoms with van der Waals surface area (Å²) >= 11 is 0. The van der Waals surface area contributed by atoms with Crippen LogP contribution in [0.3, 0.4) is 0 Å². The molecule has 0 unspecified atom stereocenters. The van der Waals surface area contributed by atoms with Gasteiger partial charge < -0.3 is 15.5 Å². The third-order valence-electron chi connectivity index (χ3n) is 4.17. The summed E-state index contributed by atoms with van der Waals surface area (Å²) in [5, 5.41) is 10.0. The predicted octanol–water partition coefficient (Wildman–Crippen LogP) is 1.56. The predicted molar refractivity (Wildman–Crippen MR) is 91.9 cm³/mol. The molecule has 1 saturated heterocycles. The van der Waals surface area contributed by atoms with E-state index < -0.39 is 0 Å². The quantitative estimate of drug-likeness (QED) is 0.889. The molecule has 2 aromatic heterocycles. The van der Waals surface area contributed by atoms with Crippen LogP contribution in [-0.4, -0.2) is 45.4 Å². The Morgan fingerprint density at radius 1 is 1.38 bits per heavy atom. The van der Waals surface area contributed by atoms with E-state index in [9.17, 15) is 4.79 Å². The largest absolute Gasteiger partial charge is 0.340 e. The van der Waals surface area contributed by atoms with Crippen LogP contribution in [0.15, 0.2) is 24.7 Å². The van der Waals surface area contributed by atoms with E-state index in [0.29, 0.717) is 12.5 Å². The van der Waals surface area contributed by atoms with Crippen LogP contribution in [0.1, 0.15) is 18.5 Å². The second-order valence-electron chi connectivity index (χ2n) is 6.14. The summed E-state index contributed by atoms with van der Waals surface area (Å²) in [4.78, 5) is 22.9. The van der Waals surface area contributed by atoms with Crippen molar-refractivity contribution < 1.29 is 4.79 Å². The number of carbonyl (C=O) groups is 1. The molecule has 2 N–H and O–H groups in total. The average molecular weight is 329 g/mol. The Balaban J connectivity index is 1.49. The molecule has 128 valence electrons. The molecular weight excluding hydrogens is 306 g/mol. The molecule has 2 amide bonds. The number of carbonyl (C=O) groups excluding carboxylic acids is 1. The van der Waals surface area contributed by atoms with Crippen molar-refractivity contribution in [3.63, 3.8) is 0 Å². The van der Waals surface area contributed by atoms with E-state index in [1.807, 2.05) is 20.0 Å². The van der Waals surface area contributed by atoms with Crippen molar-refractivity contribution in [1.82, 2.24) is 25.1 Å². The highest BCUT2D eigenvalue weighted by Gasteiger charge is 2.22. The van der Waals surface area contributed by atoms with Crippen LogP contribution in [0.25, 0.3) is 0 Å². The Kier molecular flexibility index (Phi) is 4.93. The molecule has 0 spiro atoms. The van der Waals surface area contributed by atoms with Crippen LogP contribution >= 0.6 is 0 Å². The number of amides is 2. The molecular formula is C16H23N7O. The highest BCUT2D eigenvalue weighted by atomic mass is 16.2. The molecule has 1 aliphatic heterocycles. The van der Waals surface area contributed by atoms with Gasteiger partial charge in [0.05, 0.1) is 11.4 Å². The molecule has 0 radical (unpaired) electrons. The molecule has 0 aromatic carbocycles. The Morgan fingerprint density at radius 3 is 2.88 bits per heavy atom. The molecule has 0 saturated carbocycles. The number of hydrogen-bond acceptors (Lipinski definition) is 5. The van der Waals surface area contributed by atoms with E-state index in [1.54, 1.807) is 23.3 Å². The first kappa shape index (κ1) is 16.2. The molecule has 8 heteroatoms. The van der Waals surface area contributed by atoms with Gasteiger partial charge in [0.1, 0.15) is 0 Å². The minimum absolute atomic E-state index is 0.195. The van der Waals surface area contributed by atoms with Crippen LogP contribution in [0.2, 0.25) is 0 Å². The maximum atomic E-state index is 12.1. The summed E-state index contributed by atoms with van der Waals surface area (Å²) in [6.45, 7) is 4.32. The van der Waals surface area contributed by atoms with Gasteiger partial charge in [-0.05, 0) is 31.7 Å². The van der Waals surface area contributed by atoms with Crippen molar-refractivity contribution >= 4 is 17.7 Å². The molecule has 1 atom stereocenters. The molecule has 3 rings (SSSR count). The van der Waals surface area contributed by atoms with E-state index in [-0.39, 0.29) is 6.03 Å². The van der Waals surface area contributed by atoms with Gasteiger partial charge in [-0.25, -0.2) is 14.8 Å². The van der Waals surface area contributed by atoms with E-state index in [2.05, 4.69) is 30.6 Å². The van der Waals surface area contributed by atoms with Gasteiger partial charge in [-0.3, -0.25) is 4.68 Å². The normalized spacial score (nSPS) is 17.6. The number of aromatic nitrogens is 4. The van der Waals surface area contributed by atoms with Gasteiger partial charge >= 0.3 is 6.03 Å². The highest BCUT2D eigenvalue weighted by molar-refractivity contribution is 5.89. The minimum atomic E-state index is -0.195. The summed E-state index contributed by atoms with van der Waals surface area (Å²) in [6.07, 6.45) is 7.48. The lowest BCUT2D eigenvalue weighted by molar-refractivity contribution is 0.249. The highest BCUT2D eigenvalue weighted by Crippen LogP contribution is 2.19. The first-order valence-electron chi connectivity index (χ1n) is 8.19. The smallest absolute Gasteiger partial charge is 0.319 e. The third-order valence-corrected chi connectivity index (χ3v) is 4.17. The van der Waals surface area contributed by atoms with Gasteiger partial charge in [0, 0.05) is 45.3 Å². The van der Waals surface area contributed by atoms with Crippen molar-refractivity contribution in [3.8, 4) is 0 Å². The van der Waals surface area contributed by atoms with Crippen LogP contribution in [0.4, 0.5) is 16.4 Å². The van der Waals surface area contributed by atoms with Gasteiger partial charge in [-0.2, -0.15) is 5.10 Å². The SMILES string of the molecule is Cc1nn(C)cc1NC(=O)NC[C@@H]1CCCN(c2ncccn2)C1. The summed E-state index contributed by atoms with van der Waals surface area (Å²) in [5.74, 6) is 1.15. The molecule has 24 heavy (non-hydrogen) atoms. The lowest BCUT2D eigenvalue weighted by Crippen LogP contribution is -2.42. The topological polar surface area (TPSA) is 88.0 Å². The van der Waals surface area contributed by atoms with Gasteiger partial charge in [0.25, 0.3) is 0 Å².